The molecule has 0 aliphatic rings. The molecule has 6 nitrogen and oxygen atoms in total. The molecule has 1 aromatic heterocycles. The van der Waals surface area contributed by atoms with E-state index in [-0.39, 0.29) is 29.3 Å². The Bertz CT molecular complexity index is 589. The first kappa shape index (κ1) is 14.4. The predicted molar refractivity (Wildman–Crippen MR) is 68.3 cm³/mol. The molecule has 0 saturated heterocycles. The van der Waals surface area contributed by atoms with Crippen molar-refractivity contribution in [1.29, 1.82) is 0 Å². The Hall–Kier alpha value is -1.63. The van der Waals surface area contributed by atoms with E-state index < -0.39 is 9.84 Å². The number of hydrogen-bond donors (Lipinski definition) is 1. The number of amides is 1. The van der Waals surface area contributed by atoms with Gasteiger partial charge in [0.25, 0.3) is 11.5 Å². The molecule has 1 N–H and O–H groups in total. The Kier molecular flexibility index (Phi) is 4.66. The number of carbonyl (C=O) groups excluding carboxylic acids is 1. The fourth-order valence-electron chi connectivity index (χ4n) is 1.33. The van der Waals surface area contributed by atoms with Gasteiger partial charge in [0.1, 0.15) is 9.84 Å². The van der Waals surface area contributed by atoms with Gasteiger partial charge in [0, 0.05) is 37.7 Å². The summed E-state index contributed by atoms with van der Waals surface area (Å²) >= 11 is 0. The van der Waals surface area contributed by atoms with E-state index in [9.17, 15) is 18.0 Å². The highest BCUT2D eigenvalue weighted by Gasteiger charge is 2.07. The quantitative estimate of drug-likeness (QED) is 0.736. The zero-order chi connectivity index (χ0) is 13.8. The molecule has 0 aliphatic carbocycles. The fraction of sp³-hybridized carbons (Fsp3) is 0.455. The largest absolute Gasteiger partial charge is 0.352 e. The maximum atomic E-state index is 11.6. The van der Waals surface area contributed by atoms with Gasteiger partial charge in [0.05, 0.1) is 5.75 Å². The molecule has 0 bridgehead atoms. The molecule has 0 radical (unpaired) electrons. The Morgan fingerprint density at radius 3 is 2.67 bits per heavy atom. The molecule has 0 fully saturated rings. The minimum atomic E-state index is -3.00. The number of nitrogens with zero attached hydrogens (tertiary/aromatic N) is 1. The molecule has 0 spiro atoms. The van der Waals surface area contributed by atoms with Crippen LogP contribution in [0.5, 0.6) is 0 Å². The Labute approximate surface area is 106 Å². The maximum absolute atomic E-state index is 11.6. The Morgan fingerprint density at radius 2 is 2.11 bits per heavy atom. The smallest absolute Gasteiger partial charge is 0.251 e. The molecule has 1 rings (SSSR count). The van der Waals surface area contributed by atoms with E-state index >= 15 is 0 Å². The third-order valence-corrected chi connectivity index (χ3v) is 3.37. The average molecular weight is 272 g/mol. The highest BCUT2D eigenvalue weighted by atomic mass is 32.2. The number of sulfone groups is 1. The van der Waals surface area contributed by atoms with E-state index in [2.05, 4.69) is 5.32 Å². The number of rotatable bonds is 5. The van der Waals surface area contributed by atoms with Gasteiger partial charge in [-0.25, -0.2) is 8.42 Å². The number of aryl methyl sites for hydroxylation is 1. The molecule has 1 aromatic rings. The van der Waals surface area contributed by atoms with E-state index in [1.807, 2.05) is 0 Å². The molecule has 100 valence electrons. The zero-order valence-electron chi connectivity index (χ0n) is 10.3. The lowest BCUT2D eigenvalue weighted by molar-refractivity contribution is 0.0953. The minimum absolute atomic E-state index is 0.0316. The monoisotopic (exact) mass is 272 g/mol. The lowest BCUT2D eigenvalue weighted by Gasteiger charge is -2.05. The topological polar surface area (TPSA) is 85.2 Å². The molecule has 18 heavy (non-hydrogen) atoms. The minimum Gasteiger partial charge on any atom is -0.352 e. The van der Waals surface area contributed by atoms with Crippen LogP contribution in [0.15, 0.2) is 23.1 Å². The number of carbonyl (C=O) groups is 1. The molecule has 1 heterocycles. The van der Waals surface area contributed by atoms with Crippen LogP contribution in [0.4, 0.5) is 0 Å². The van der Waals surface area contributed by atoms with Crippen molar-refractivity contribution in [3.8, 4) is 0 Å². The van der Waals surface area contributed by atoms with Crippen LogP contribution >= 0.6 is 0 Å². The summed E-state index contributed by atoms with van der Waals surface area (Å²) in [6, 6.07) is 2.78. The normalized spacial score (nSPS) is 11.2. The SMILES string of the molecule is Cn1ccc(C(=O)NCCCS(C)(=O)=O)cc1=O. The van der Waals surface area contributed by atoms with Gasteiger partial charge in [-0.15, -0.1) is 0 Å². The van der Waals surface area contributed by atoms with Crippen molar-refractivity contribution in [2.24, 2.45) is 7.05 Å². The summed E-state index contributed by atoms with van der Waals surface area (Å²) < 4.78 is 23.1. The van der Waals surface area contributed by atoms with Crippen LogP contribution in [0.2, 0.25) is 0 Å². The van der Waals surface area contributed by atoms with E-state index in [4.69, 9.17) is 0 Å². The standard InChI is InChI=1S/C11H16N2O4S/c1-13-6-4-9(8-10(13)14)11(15)12-5-3-7-18(2,16)17/h4,6,8H,3,5,7H2,1-2H3,(H,12,15). The number of nitrogens with one attached hydrogen (secondary N) is 1. The molecule has 0 saturated carbocycles. The second-order valence-corrected chi connectivity index (χ2v) is 6.36. The Balaban J connectivity index is 2.51. The maximum Gasteiger partial charge on any atom is 0.251 e. The summed E-state index contributed by atoms with van der Waals surface area (Å²) in [5.74, 6) is -0.342. The molecule has 0 atom stereocenters. The third kappa shape index (κ3) is 4.70. The van der Waals surface area contributed by atoms with E-state index in [0.717, 1.165) is 6.26 Å². The first-order chi connectivity index (χ1) is 8.29. The van der Waals surface area contributed by atoms with Crippen molar-refractivity contribution < 1.29 is 13.2 Å². The number of aromatic nitrogens is 1. The highest BCUT2D eigenvalue weighted by Crippen LogP contribution is 1.94. The lowest BCUT2D eigenvalue weighted by atomic mass is 10.2. The van der Waals surface area contributed by atoms with Crippen LogP contribution in [0.25, 0.3) is 0 Å². The average Bonchev–Trinajstić information content (AvgIpc) is 2.26. The number of hydrogen-bond acceptors (Lipinski definition) is 4. The van der Waals surface area contributed by atoms with Crippen molar-refractivity contribution >= 4 is 15.7 Å². The molecule has 1 amide bonds. The summed E-state index contributed by atoms with van der Waals surface area (Å²) in [4.78, 5) is 22.9. The van der Waals surface area contributed by atoms with Crippen LogP contribution in [-0.4, -0.2) is 37.4 Å². The molecule has 0 aromatic carbocycles. The third-order valence-electron chi connectivity index (χ3n) is 2.34. The van der Waals surface area contributed by atoms with Crippen molar-refractivity contribution in [3.63, 3.8) is 0 Å². The van der Waals surface area contributed by atoms with Gasteiger partial charge < -0.3 is 9.88 Å². The van der Waals surface area contributed by atoms with Gasteiger partial charge in [0.2, 0.25) is 0 Å². The second-order valence-electron chi connectivity index (χ2n) is 4.10. The van der Waals surface area contributed by atoms with Crippen LogP contribution in [-0.2, 0) is 16.9 Å². The molecule has 0 aliphatic heterocycles. The van der Waals surface area contributed by atoms with Crippen molar-refractivity contribution in [3.05, 3.63) is 34.2 Å². The lowest BCUT2D eigenvalue weighted by Crippen LogP contribution is -2.27. The molecule has 0 unspecified atom stereocenters. The molecular weight excluding hydrogens is 256 g/mol. The van der Waals surface area contributed by atoms with Gasteiger partial charge >= 0.3 is 0 Å². The van der Waals surface area contributed by atoms with E-state index in [0.29, 0.717) is 6.42 Å². The second kappa shape index (κ2) is 5.81. The molecular formula is C11H16N2O4S. The van der Waals surface area contributed by atoms with Gasteiger partial charge in [-0.2, -0.15) is 0 Å². The van der Waals surface area contributed by atoms with Crippen molar-refractivity contribution in [2.75, 3.05) is 18.6 Å². The predicted octanol–water partition coefficient (Wildman–Crippen LogP) is -0.450. The van der Waals surface area contributed by atoms with Crippen molar-refractivity contribution in [1.82, 2.24) is 9.88 Å². The zero-order valence-corrected chi connectivity index (χ0v) is 11.2. The van der Waals surface area contributed by atoms with Gasteiger partial charge in [-0.05, 0) is 12.5 Å². The van der Waals surface area contributed by atoms with E-state index in [1.165, 1.54) is 22.9 Å². The van der Waals surface area contributed by atoms with Gasteiger partial charge in [-0.3, -0.25) is 9.59 Å². The van der Waals surface area contributed by atoms with E-state index in [1.54, 1.807) is 7.05 Å². The summed E-state index contributed by atoms with van der Waals surface area (Å²) in [5, 5.41) is 2.57. The highest BCUT2D eigenvalue weighted by molar-refractivity contribution is 7.90. The fourth-order valence-corrected chi connectivity index (χ4v) is 2.00. The van der Waals surface area contributed by atoms with Crippen LogP contribution < -0.4 is 10.9 Å². The van der Waals surface area contributed by atoms with Crippen LogP contribution in [0, 0.1) is 0 Å². The summed E-state index contributed by atoms with van der Waals surface area (Å²) in [6.07, 6.45) is 3.01. The number of pyridine rings is 1. The Morgan fingerprint density at radius 1 is 1.44 bits per heavy atom. The summed E-state index contributed by atoms with van der Waals surface area (Å²) in [7, 11) is -1.41. The van der Waals surface area contributed by atoms with Crippen LogP contribution in [0.1, 0.15) is 16.8 Å². The molecule has 7 heteroatoms. The summed E-state index contributed by atoms with van der Waals surface area (Å²) in [6.45, 7) is 0.265. The van der Waals surface area contributed by atoms with Crippen LogP contribution in [0.3, 0.4) is 0 Å². The first-order valence-corrected chi connectivity index (χ1v) is 7.48. The van der Waals surface area contributed by atoms with Crippen molar-refractivity contribution in [2.45, 2.75) is 6.42 Å². The summed E-state index contributed by atoms with van der Waals surface area (Å²) in [5.41, 5.74) is 0.0104. The first-order valence-electron chi connectivity index (χ1n) is 5.42. The van der Waals surface area contributed by atoms with Gasteiger partial charge in [-0.1, -0.05) is 0 Å². The van der Waals surface area contributed by atoms with Gasteiger partial charge in [0.15, 0.2) is 0 Å².